The van der Waals surface area contributed by atoms with Gasteiger partial charge < -0.3 is 10.1 Å². The fourth-order valence-corrected chi connectivity index (χ4v) is 2.38. The Morgan fingerprint density at radius 2 is 1.89 bits per heavy atom. The Hall–Kier alpha value is -1.07. The Morgan fingerprint density at radius 3 is 2.42 bits per heavy atom. The average molecular weight is 285 g/mol. The third kappa shape index (κ3) is 6.07. The molecule has 0 spiro atoms. The van der Waals surface area contributed by atoms with Gasteiger partial charge in [0.15, 0.2) is 9.84 Å². The molecular weight excluding hydrogens is 262 g/mol. The number of benzene rings is 1. The molecule has 1 N–H and O–H groups in total. The molecule has 0 saturated heterocycles. The Balaban J connectivity index is 2.45. The topological polar surface area (TPSA) is 55.4 Å². The van der Waals surface area contributed by atoms with Gasteiger partial charge >= 0.3 is 0 Å². The lowest BCUT2D eigenvalue weighted by Gasteiger charge is -2.15. The highest BCUT2D eigenvalue weighted by Crippen LogP contribution is 2.18. The van der Waals surface area contributed by atoms with Crippen LogP contribution in [0.3, 0.4) is 0 Å². The largest absolute Gasteiger partial charge is 0.491 e. The summed E-state index contributed by atoms with van der Waals surface area (Å²) in [5.74, 6) is 0.711. The van der Waals surface area contributed by atoms with Gasteiger partial charge in [-0.3, -0.25) is 0 Å². The molecule has 1 aromatic rings. The number of hydrogen-bond donors (Lipinski definition) is 1. The summed E-state index contributed by atoms with van der Waals surface area (Å²) >= 11 is 0. The van der Waals surface area contributed by atoms with Gasteiger partial charge in [-0.1, -0.05) is 6.92 Å². The van der Waals surface area contributed by atoms with Crippen molar-refractivity contribution >= 4 is 9.84 Å². The van der Waals surface area contributed by atoms with Crippen LogP contribution in [0.1, 0.15) is 26.7 Å². The van der Waals surface area contributed by atoms with Gasteiger partial charge in [0.05, 0.1) is 11.0 Å². The molecule has 1 atom stereocenters. The van der Waals surface area contributed by atoms with Gasteiger partial charge in [0.1, 0.15) is 5.75 Å². The molecule has 0 fully saturated rings. The molecule has 108 valence electrons. The van der Waals surface area contributed by atoms with Gasteiger partial charge in [0, 0.05) is 6.26 Å². The fraction of sp³-hybridized carbons (Fsp3) is 0.571. The van der Waals surface area contributed by atoms with Gasteiger partial charge in [-0.15, -0.1) is 0 Å². The maximum Gasteiger partial charge on any atom is 0.175 e. The van der Waals surface area contributed by atoms with E-state index in [9.17, 15) is 8.42 Å². The Morgan fingerprint density at radius 1 is 1.26 bits per heavy atom. The van der Waals surface area contributed by atoms with E-state index in [-0.39, 0.29) is 6.10 Å². The summed E-state index contributed by atoms with van der Waals surface area (Å²) in [5.41, 5.74) is 0. The first-order chi connectivity index (χ1) is 8.93. The van der Waals surface area contributed by atoms with Crippen LogP contribution < -0.4 is 10.1 Å². The molecule has 0 radical (unpaired) electrons. The van der Waals surface area contributed by atoms with Crippen LogP contribution in [-0.2, 0) is 9.84 Å². The lowest BCUT2D eigenvalue weighted by Crippen LogP contribution is -2.18. The van der Waals surface area contributed by atoms with Crippen LogP contribution in [0.4, 0.5) is 0 Å². The first-order valence-electron chi connectivity index (χ1n) is 6.61. The predicted octanol–water partition coefficient (Wildman–Crippen LogP) is 2.25. The summed E-state index contributed by atoms with van der Waals surface area (Å²) in [6.07, 6.45) is 3.37. The summed E-state index contributed by atoms with van der Waals surface area (Å²) < 4.78 is 28.4. The van der Waals surface area contributed by atoms with Gasteiger partial charge in [-0.05, 0) is 57.1 Å². The van der Waals surface area contributed by atoms with Gasteiger partial charge in [-0.2, -0.15) is 0 Å². The lowest BCUT2D eigenvalue weighted by atomic mass is 10.2. The fourth-order valence-electron chi connectivity index (χ4n) is 1.75. The highest BCUT2D eigenvalue weighted by atomic mass is 32.2. The van der Waals surface area contributed by atoms with Gasteiger partial charge in [-0.25, -0.2) is 8.42 Å². The molecule has 1 rings (SSSR count). The standard InChI is InChI=1S/C14H23NO3S/c1-4-15-11-5-6-12(2)18-13-7-9-14(10-8-13)19(3,16)17/h7-10,12,15H,4-6,11H2,1-3H3. The smallest absolute Gasteiger partial charge is 0.175 e. The summed E-state index contributed by atoms with van der Waals surface area (Å²) in [4.78, 5) is 0.319. The van der Waals surface area contributed by atoms with Crippen molar-refractivity contribution < 1.29 is 13.2 Å². The number of rotatable bonds is 8. The molecule has 19 heavy (non-hydrogen) atoms. The summed E-state index contributed by atoms with van der Waals surface area (Å²) in [7, 11) is -3.13. The monoisotopic (exact) mass is 285 g/mol. The molecule has 0 amide bonds. The highest BCUT2D eigenvalue weighted by molar-refractivity contribution is 7.90. The van der Waals surface area contributed by atoms with Crippen molar-refractivity contribution in [2.75, 3.05) is 19.3 Å². The quantitative estimate of drug-likeness (QED) is 0.744. The van der Waals surface area contributed by atoms with Crippen LogP contribution in [0, 0.1) is 0 Å². The Labute approximate surface area is 116 Å². The number of hydrogen-bond acceptors (Lipinski definition) is 4. The molecule has 0 aromatic heterocycles. The second-order valence-corrected chi connectivity index (χ2v) is 6.68. The molecule has 1 aromatic carbocycles. The van der Waals surface area contributed by atoms with Crippen LogP contribution in [0.5, 0.6) is 5.75 Å². The van der Waals surface area contributed by atoms with E-state index in [1.807, 2.05) is 6.92 Å². The van der Waals surface area contributed by atoms with Gasteiger partial charge in [0.2, 0.25) is 0 Å². The molecule has 0 bridgehead atoms. The van der Waals surface area contributed by atoms with Crippen LogP contribution in [0.2, 0.25) is 0 Å². The van der Waals surface area contributed by atoms with E-state index >= 15 is 0 Å². The molecule has 1 unspecified atom stereocenters. The first-order valence-corrected chi connectivity index (χ1v) is 8.50. The van der Waals surface area contributed by atoms with Crippen LogP contribution >= 0.6 is 0 Å². The summed E-state index contributed by atoms with van der Waals surface area (Å²) in [6, 6.07) is 6.57. The minimum atomic E-state index is -3.13. The molecule has 0 aliphatic carbocycles. The van der Waals surface area contributed by atoms with Crippen LogP contribution in [0.25, 0.3) is 0 Å². The van der Waals surface area contributed by atoms with E-state index in [1.54, 1.807) is 24.3 Å². The van der Waals surface area contributed by atoms with Crippen molar-refractivity contribution in [2.24, 2.45) is 0 Å². The maximum atomic E-state index is 11.3. The molecule has 0 aliphatic rings. The third-order valence-electron chi connectivity index (χ3n) is 2.80. The molecule has 0 saturated carbocycles. The van der Waals surface area contributed by atoms with Crippen molar-refractivity contribution in [1.29, 1.82) is 0 Å². The van der Waals surface area contributed by atoms with E-state index in [4.69, 9.17) is 4.74 Å². The highest BCUT2D eigenvalue weighted by Gasteiger charge is 2.08. The number of sulfone groups is 1. The average Bonchev–Trinajstić information content (AvgIpc) is 2.34. The predicted molar refractivity (Wildman–Crippen MR) is 77.4 cm³/mol. The minimum Gasteiger partial charge on any atom is -0.491 e. The molecule has 5 heteroatoms. The van der Waals surface area contributed by atoms with Crippen LogP contribution in [-0.4, -0.2) is 33.9 Å². The number of nitrogens with one attached hydrogen (secondary N) is 1. The zero-order chi connectivity index (χ0) is 14.3. The second-order valence-electron chi connectivity index (χ2n) is 4.67. The Kier molecular flexibility index (Phi) is 6.31. The molecule has 4 nitrogen and oxygen atoms in total. The third-order valence-corrected chi connectivity index (χ3v) is 3.93. The van der Waals surface area contributed by atoms with Gasteiger partial charge in [0.25, 0.3) is 0 Å². The molecular formula is C14H23NO3S. The van der Waals surface area contributed by atoms with Crippen LogP contribution in [0.15, 0.2) is 29.2 Å². The molecule has 0 aliphatic heterocycles. The lowest BCUT2D eigenvalue weighted by molar-refractivity contribution is 0.207. The summed E-state index contributed by atoms with van der Waals surface area (Å²) in [5, 5.41) is 3.27. The van der Waals surface area contributed by atoms with Crippen molar-refractivity contribution in [3.8, 4) is 5.75 Å². The van der Waals surface area contributed by atoms with E-state index in [2.05, 4.69) is 12.2 Å². The normalized spacial score (nSPS) is 13.2. The van der Waals surface area contributed by atoms with E-state index in [1.165, 1.54) is 6.26 Å². The second kappa shape index (κ2) is 7.50. The summed E-state index contributed by atoms with van der Waals surface area (Å²) in [6.45, 7) is 6.10. The maximum absolute atomic E-state index is 11.3. The minimum absolute atomic E-state index is 0.128. The van der Waals surface area contributed by atoms with Crippen molar-refractivity contribution in [3.05, 3.63) is 24.3 Å². The first kappa shape index (κ1) is 16.0. The van der Waals surface area contributed by atoms with Crippen molar-refractivity contribution in [3.63, 3.8) is 0 Å². The van der Waals surface area contributed by atoms with E-state index in [0.717, 1.165) is 25.9 Å². The zero-order valence-corrected chi connectivity index (χ0v) is 12.7. The zero-order valence-electron chi connectivity index (χ0n) is 11.8. The SMILES string of the molecule is CCNCCCC(C)Oc1ccc(S(C)(=O)=O)cc1. The Bertz CT molecular complexity index is 468. The van der Waals surface area contributed by atoms with E-state index in [0.29, 0.717) is 10.6 Å². The van der Waals surface area contributed by atoms with E-state index < -0.39 is 9.84 Å². The number of ether oxygens (including phenoxy) is 1. The van der Waals surface area contributed by atoms with Crippen molar-refractivity contribution in [2.45, 2.75) is 37.7 Å². The molecule has 0 heterocycles. The van der Waals surface area contributed by atoms with Crippen molar-refractivity contribution in [1.82, 2.24) is 5.32 Å².